The van der Waals surface area contributed by atoms with Gasteiger partial charge in [-0.25, -0.2) is 0 Å². The highest BCUT2D eigenvalue weighted by atomic mass is 16.5. The van der Waals surface area contributed by atoms with Gasteiger partial charge < -0.3 is 15.1 Å². The fourth-order valence-electron chi connectivity index (χ4n) is 1.98. The summed E-state index contributed by atoms with van der Waals surface area (Å²) < 4.78 is 5.64. The maximum absolute atomic E-state index is 11.8. The van der Waals surface area contributed by atoms with Crippen molar-refractivity contribution in [2.45, 2.75) is 20.3 Å². The second-order valence-electron chi connectivity index (χ2n) is 4.60. The summed E-state index contributed by atoms with van der Waals surface area (Å²) >= 11 is 0. The van der Waals surface area contributed by atoms with Gasteiger partial charge in [0, 0.05) is 23.0 Å². The van der Waals surface area contributed by atoms with Crippen LogP contribution in [0.3, 0.4) is 0 Å². The monoisotopic (exact) mass is 270 g/mol. The number of aromatic nitrogens is 1. The van der Waals surface area contributed by atoms with Gasteiger partial charge in [-0.15, -0.1) is 0 Å². The Hall–Kier alpha value is -2.36. The molecule has 4 heteroatoms. The third-order valence-electron chi connectivity index (χ3n) is 2.97. The van der Waals surface area contributed by atoms with Crippen LogP contribution in [0.4, 0.5) is 0 Å². The van der Waals surface area contributed by atoms with E-state index in [2.05, 4.69) is 4.98 Å². The molecule has 1 heterocycles. The van der Waals surface area contributed by atoms with Gasteiger partial charge in [-0.3, -0.25) is 4.79 Å². The summed E-state index contributed by atoms with van der Waals surface area (Å²) in [6.07, 6.45) is 2.52. The molecule has 104 valence electrons. The van der Waals surface area contributed by atoms with Crippen molar-refractivity contribution in [3.05, 3.63) is 52.4 Å². The van der Waals surface area contributed by atoms with Crippen LogP contribution in [-0.4, -0.2) is 17.3 Å². The summed E-state index contributed by atoms with van der Waals surface area (Å²) in [4.78, 5) is 14.5. The molecule has 1 aromatic carbocycles. The first kappa shape index (κ1) is 14.1. The lowest BCUT2D eigenvalue weighted by Crippen LogP contribution is -2.08. The molecule has 2 rings (SSSR count). The molecule has 0 aliphatic heterocycles. The van der Waals surface area contributed by atoms with Crippen LogP contribution in [0, 0.1) is 5.41 Å². The molecule has 0 unspecified atom stereocenters. The van der Waals surface area contributed by atoms with Crippen molar-refractivity contribution >= 4 is 5.71 Å². The van der Waals surface area contributed by atoms with E-state index in [1.165, 1.54) is 0 Å². The number of hydrogen-bond donors (Lipinski definition) is 2. The Balaban J connectivity index is 2.48. The molecule has 0 radical (unpaired) electrons. The smallest absolute Gasteiger partial charge is 0.255 e. The maximum atomic E-state index is 11.8. The second-order valence-corrected chi connectivity index (χ2v) is 4.60. The predicted octanol–water partition coefficient (Wildman–Crippen LogP) is 3.22. The Morgan fingerprint density at radius 1 is 1.35 bits per heavy atom. The Morgan fingerprint density at radius 2 is 2.15 bits per heavy atom. The molecule has 0 aliphatic rings. The van der Waals surface area contributed by atoms with E-state index in [1.807, 2.05) is 25.1 Å². The molecule has 1 aromatic heterocycles. The van der Waals surface area contributed by atoms with E-state index in [4.69, 9.17) is 10.1 Å². The van der Waals surface area contributed by atoms with Crippen LogP contribution < -0.4 is 10.3 Å². The number of nitrogens with one attached hydrogen (secondary N) is 2. The van der Waals surface area contributed by atoms with Gasteiger partial charge in [0.1, 0.15) is 5.75 Å². The van der Waals surface area contributed by atoms with E-state index in [0.717, 1.165) is 17.5 Å². The summed E-state index contributed by atoms with van der Waals surface area (Å²) in [5.41, 5.74) is 2.39. The van der Waals surface area contributed by atoms with Crippen molar-refractivity contribution in [3.63, 3.8) is 0 Å². The minimum Gasteiger partial charge on any atom is -0.493 e. The van der Waals surface area contributed by atoms with E-state index in [9.17, 15) is 4.79 Å². The van der Waals surface area contributed by atoms with E-state index < -0.39 is 0 Å². The predicted molar refractivity (Wildman–Crippen MR) is 80.8 cm³/mol. The summed E-state index contributed by atoms with van der Waals surface area (Å²) in [5, 5.41) is 7.86. The number of H-pyrrole nitrogens is 1. The van der Waals surface area contributed by atoms with Crippen LogP contribution in [0.15, 0.2) is 41.3 Å². The van der Waals surface area contributed by atoms with Crippen LogP contribution in [0.2, 0.25) is 0 Å². The van der Waals surface area contributed by atoms with Gasteiger partial charge in [0.25, 0.3) is 5.56 Å². The normalized spacial score (nSPS) is 10.3. The van der Waals surface area contributed by atoms with E-state index in [-0.39, 0.29) is 5.56 Å². The Kier molecular flexibility index (Phi) is 4.35. The highest BCUT2D eigenvalue weighted by Crippen LogP contribution is 2.25. The fraction of sp³-hybridized carbons (Fsp3) is 0.250. The number of ether oxygens (including phenoxy) is 1. The average molecular weight is 270 g/mol. The Bertz CT molecular complexity index is 674. The van der Waals surface area contributed by atoms with E-state index in [1.54, 1.807) is 25.3 Å². The Morgan fingerprint density at radius 3 is 2.80 bits per heavy atom. The lowest BCUT2D eigenvalue weighted by Gasteiger charge is -2.12. The molecule has 0 aliphatic carbocycles. The van der Waals surface area contributed by atoms with Crippen LogP contribution >= 0.6 is 0 Å². The molecule has 0 amide bonds. The molecule has 20 heavy (non-hydrogen) atoms. The van der Waals surface area contributed by atoms with Crippen LogP contribution in [0.5, 0.6) is 5.75 Å². The standard InChI is InChI=1S/C16H18N2O2/c1-3-9-20-15-7-6-12(10-14(15)11(2)17)13-5-4-8-18-16(13)19/h4-8,10,17H,3,9H2,1-2H3,(H,18,19). The van der Waals surface area contributed by atoms with Crippen molar-refractivity contribution in [1.29, 1.82) is 5.41 Å². The zero-order valence-electron chi connectivity index (χ0n) is 11.7. The van der Waals surface area contributed by atoms with Crippen LogP contribution in [0.1, 0.15) is 25.8 Å². The Labute approximate surface area is 117 Å². The molecular formula is C16H18N2O2. The van der Waals surface area contributed by atoms with Gasteiger partial charge in [-0.1, -0.05) is 13.0 Å². The van der Waals surface area contributed by atoms with Crippen LogP contribution in [0.25, 0.3) is 11.1 Å². The maximum Gasteiger partial charge on any atom is 0.255 e. The summed E-state index contributed by atoms with van der Waals surface area (Å²) in [6.45, 7) is 4.37. The number of pyridine rings is 1. The molecule has 0 spiro atoms. The minimum atomic E-state index is -0.136. The third kappa shape index (κ3) is 2.96. The van der Waals surface area contributed by atoms with Gasteiger partial charge in [-0.2, -0.15) is 0 Å². The molecule has 4 nitrogen and oxygen atoms in total. The van der Waals surface area contributed by atoms with Gasteiger partial charge in [0.2, 0.25) is 0 Å². The van der Waals surface area contributed by atoms with Gasteiger partial charge in [0.15, 0.2) is 0 Å². The van der Waals surface area contributed by atoms with Crippen molar-refractivity contribution in [3.8, 4) is 16.9 Å². The van der Waals surface area contributed by atoms with Crippen molar-refractivity contribution in [1.82, 2.24) is 4.98 Å². The van der Waals surface area contributed by atoms with Crippen LogP contribution in [-0.2, 0) is 0 Å². The summed E-state index contributed by atoms with van der Waals surface area (Å²) in [5.74, 6) is 0.690. The van der Waals surface area contributed by atoms with Crippen molar-refractivity contribution in [2.24, 2.45) is 0 Å². The van der Waals surface area contributed by atoms with Crippen molar-refractivity contribution < 1.29 is 4.74 Å². The lowest BCUT2D eigenvalue weighted by atomic mass is 10.0. The first-order chi connectivity index (χ1) is 9.63. The first-order valence-corrected chi connectivity index (χ1v) is 6.64. The summed E-state index contributed by atoms with van der Waals surface area (Å²) in [7, 11) is 0. The van der Waals surface area contributed by atoms with Gasteiger partial charge in [-0.05, 0) is 43.2 Å². The number of benzene rings is 1. The number of rotatable bonds is 5. The minimum absolute atomic E-state index is 0.136. The summed E-state index contributed by atoms with van der Waals surface area (Å²) in [6, 6.07) is 9.06. The quantitative estimate of drug-likeness (QED) is 0.819. The van der Waals surface area contributed by atoms with Gasteiger partial charge in [0.05, 0.1) is 6.61 Å². The van der Waals surface area contributed by atoms with E-state index in [0.29, 0.717) is 23.6 Å². The highest BCUT2D eigenvalue weighted by Gasteiger charge is 2.10. The molecule has 0 atom stereocenters. The fourth-order valence-corrected chi connectivity index (χ4v) is 1.98. The number of aromatic amines is 1. The molecular weight excluding hydrogens is 252 g/mol. The van der Waals surface area contributed by atoms with Crippen molar-refractivity contribution in [2.75, 3.05) is 6.61 Å². The molecule has 0 saturated carbocycles. The zero-order valence-corrected chi connectivity index (χ0v) is 11.7. The van der Waals surface area contributed by atoms with Gasteiger partial charge >= 0.3 is 0 Å². The number of hydrogen-bond acceptors (Lipinski definition) is 3. The van der Waals surface area contributed by atoms with E-state index >= 15 is 0 Å². The lowest BCUT2D eigenvalue weighted by molar-refractivity contribution is 0.317. The average Bonchev–Trinajstić information content (AvgIpc) is 2.45. The largest absolute Gasteiger partial charge is 0.493 e. The first-order valence-electron chi connectivity index (χ1n) is 6.64. The molecule has 0 bridgehead atoms. The SMILES string of the molecule is CCCOc1ccc(-c2ccc[nH]c2=O)cc1C(C)=N. The molecule has 0 saturated heterocycles. The topological polar surface area (TPSA) is 65.9 Å². The highest BCUT2D eigenvalue weighted by molar-refractivity contribution is 6.00. The molecule has 2 aromatic rings. The third-order valence-corrected chi connectivity index (χ3v) is 2.97. The second kappa shape index (κ2) is 6.19. The molecule has 0 fully saturated rings. The molecule has 2 N–H and O–H groups in total. The zero-order chi connectivity index (χ0) is 14.5.